The molecule has 10 heteroatoms. The molecular weight excluding hydrogens is 388 g/mol. The van der Waals surface area contributed by atoms with Crippen LogP contribution in [-0.4, -0.2) is 49.1 Å². The lowest BCUT2D eigenvalue weighted by molar-refractivity contribution is -0.143. The van der Waals surface area contributed by atoms with Crippen molar-refractivity contribution in [2.75, 3.05) is 32.5 Å². The Kier molecular flexibility index (Phi) is 6.52. The number of benzene rings is 1. The van der Waals surface area contributed by atoms with E-state index >= 15 is 0 Å². The summed E-state index contributed by atoms with van der Waals surface area (Å²) in [5, 5.41) is 2.17. The summed E-state index contributed by atoms with van der Waals surface area (Å²) in [6.07, 6.45) is -8.21. The molecule has 158 valence electrons. The molecule has 2 amide bonds. The van der Waals surface area contributed by atoms with E-state index in [2.05, 4.69) is 10.2 Å². The van der Waals surface area contributed by atoms with Gasteiger partial charge in [0.15, 0.2) is 0 Å². The quantitative estimate of drug-likeness (QED) is 0.717. The van der Waals surface area contributed by atoms with Crippen molar-refractivity contribution >= 4 is 11.7 Å². The van der Waals surface area contributed by atoms with Crippen LogP contribution in [0, 0.1) is 5.92 Å². The lowest BCUT2D eigenvalue weighted by atomic mass is 9.90. The first-order valence-electron chi connectivity index (χ1n) is 8.81. The molecule has 2 rings (SSSR count). The smallest absolute Gasteiger partial charge is 0.325 e. The number of likely N-dealkylation sites (tertiary alicyclic amines) is 1. The molecule has 28 heavy (non-hydrogen) atoms. The summed E-state index contributed by atoms with van der Waals surface area (Å²) in [6, 6.07) is 0.0728. The second-order valence-corrected chi connectivity index (χ2v) is 7.22. The standard InChI is InChI=1S/C18H23F6N3O/c1-11(12-4-6-26(2)7-5-12)27(3)16(28)25-15-9-13(17(19,20)21)8-14(10-15)18(22,23)24/h8-12H,4-7H2,1-3H3,(H,25,28). The number of rotatable bonds is 3. The van der Waals surface area contributed by atoms with Crippen LogP contribution < -0.4 is 5.32 Å². The number of nitrogens with zero attached hydrogens (tertiary/aromatic N) is 2. The van der Waals surface area contributed by atoms with Crippen LogP contribution in [0.4, 0.5) is 36.8 Å². The molecule has 0 aliphatic carbocycles. The average Bonchev–Trinajstić information content (AvgIpc) is 2.59. The first kappa shape index (κ1) is 22.3. The number of alkyl halides is 6. The van der Waals surface area contributed by atoms with Gasteiger partial charge < -0.3 is 15.1 Å². The Morgan fingerprint density at radius 2 is 1.54 bits per heavy atom. The number of hydrogen-bond acceptors (Lipinski definition) is 2. The third-order valence-corrected chi connectivity index (χ3v) is 5.22. The van der Waals surface area contributed by atoms with E-state index in [4.69, 9.17) is 0 Å². The minimum Gasteiger partial charge on any atom is -0.325 e. The Labute approximate surface area is 159 Å². The molecular formula is C18H23F6N3O. The summed E-state index contributed by atoms with van der Waals surface area (Å²) in [7, 11) is 3.47. The van der Waals surface area contributed by atoms with E-state index < -0.39 is 35.2 Å². The maximum absolute atomic E-state index is 12.9. The van der Waals surface area contributed by atoms with E-state index in [1.165, 1.54) is 11.9 Å². The predicted octanol–water partition coefficient (Wildman–Crippen LogP) is 4.92. The Bertz CT molecular complexity index is 663. The van der Waals surface area contributed by atoms with E-state index in [1.54, 1.807) is 0 Å². The Hall–Kier alpha value is -1.97. The Morgan fingerprint density at radius 3 is 1.96 bits per heavy atom. The monoisotopic (exact) mass is 411 g/mol. The van der Waals surface area contributed by atoms with Crippen molar-refractivity contribution in [3.63, 3.8) is 0 Å². The van der Waals surface area contributed by atoms with Gasteiger partial charge in [0.2, 0.25) is 0 Å². The van der Waals surface area contributed by atoms with Gasteiger partial charge in [0, 0.05) is 18.8 Å². The molecule has 1 N–H and O–H groups in total. The second-order valence-electron chi connectivity index (χ2n) is 7.22. The van der Waals surface area contributed by atoms with Gasteiger partial charge in [0.25, 0.3) is 0 Å². The molecule has 1 unspecified atom stereocenters. The molecule has 1 fully saturated rings. The fraction of sp³-hybridized carbons (Fsp3) is 0.611. The molecule has 4 nitrogen and oxygen atoms in total. The predicted molar refractivity (Wildman–Crippen MR) is 92.9 cm³/mol. The van der Waals surface area contributed by atoms with Crippen molar-refractivity contribution in [3.05, 3.63) is 29.3 Å². The zero-order valence-corrected chi connectivity index (χ0v) is 15.8. The Balaban J connectivity index is 2.18. The number of carbonyl (C=O) groups excluding carboxylic acids is 1. The topological polar surface area (TPSA) is 35.6 Å². The molecule has 1 aliphatic heterocycles. The minimum atomic E-state index is -4.96. The second kappa shape index (κ2) is 8.18. The Morgan fingerprint density at radius 1 is 1.07 bits per heavy atom. The van der Waals surface area contributed by atoms with Crippen molar-refractivity contribution < 1.29 is 31.1 Å². The average molecular weight is 411 g/mol. The van der Waals surface area contributed by atoms with Gasteiger partial charge in [-0.1, -0.05) is 0 Å². The summed E-state index contributed by atoms with van der Waals surface area (Å²) >= 11 is 0. The highest BCUT2D eigenvalue weighted by molar-refractivity contribution is 5.89. The summed E-state index contributed by atoms with van der Waals surface area (Å²) in [6.45, 7) is 3.56. The lowest BCUT2D eigenvalue weighted by Crippen LogP contribution is -2.45. The number of carbonyl (C=O) groups is 1. The number of amides is 2. The number of piperidine rings is 1. The van der Waals surface area contributed by atoms with Crippen molar-refractivity contribution in [1.29, 1.82) is 0 Å². The number of nitrogens with one attached hydrogen (secondary N) is 1. The van der Waals surface area contributed by atoms with Crippen LogP contribution in [0.3, 0.4) is 0 Å². The SMILES string of the molecule is CC(C1CCN(C)CC1)N(C)C(=O)Nc1cc(C(F)(F)F)cc(C(F)(F)F)c1. The van der Waals surface area contributed by atoms with Crippen LogP contribution in [0.1, 0.15) is 30.9 Å². The third kappa shape index (κ3) is 5.52. The molecule has 0 aromatic heterocycles. The van der Waals surface area contributed by atoms with Crippen LogP contribution in [0.25, 0.3) is 0 Å². The molecule has 0 radical (unpaired) electrons. The van der Waals surface area contributed by atoms with E-state index in [-0.39, 0.29) is 18.0 Å². The maximum Gasteiger partial charge on any atom is 0.416 e. The van der Waals surface area contributed by atoms with Crippen molar-refractivity contribution in [1.82, 2.24) is 9.80 Å². The molecule has 1 atom stereocenters. The van der Waals surface area contributed by atoms with Gasteiger partial charge in [-0.3, -0.25) is 0 Å². The van der Waals surface area contributed by atoms with Gasteiger partial charge in [-0.15, -0.1) is 0 Å². The highest BCUT2D eigenvalue weighted by atomic mass is 19.4. The van der Waals surface area contributed by atoms with Crippen LogP contribution >= 0.6 is 0 Å². The van der Waals surface area contributed by atoms with Crippen molar-refractivity contribution in [2.24, 2.45) is 5.92 Å². The third-order valence-electron chi connectivity index (χ3n) is 5.22. The van der Waals surface area contributed by atoms with Crippen LogP contribution in [0.5, 0.6) is 0 Å². The van der Waals surface area contributed by atoms with E-state index in [9.17, 15) is 31.1 Å². The van der Waals surface area contributed by atoms with Gasteiger partial charge in [-0.25, -0.2) is 4.79 Å². The zero-order valence-electron chi connectivity index (χ0n) is 15.8. The molecule has 1 saturated heterocycles. The van der Waals surface area contributed by atoms with E-state index in [0.29, 0.717) is 12.1 Å². The van der Waals surface area contributed by atoms with Gasteiger partial charge in [-0.2, -0.15) is 26.3 Å². The van der Waals surface area contributed by atoms with Gasteiger partial charge >= 0.3 is 18.4 Å². The maximum atomic E-state index is 12.9. The fourth-order valence-electron chi connectivity index (χ4n) is 3.25. The normalized spacial score (nSPS) is 18.0. The lowest BCUT2D eigenvalue weighted by Gasteiger charge is -2.37. The number of hydrogen-bond donors (Lipinski definition) is 1. The summed E-state index contributed by atoms with van der Waals surface area (Å²) in [5.41, 5.74) is -3.48. The molecule has 1 aliphatic rings. The van der Waals surface area contributed by atoms with Crippen molar-refractivity contribution in [2.45, 2.75) is 38.2 Å². The highest BCUT2D eigenvalue weighted by Gasteiger charge is 2.37. The first-order valence-corrected chi connectivity index (χ1v) is 8.81. The first-order chi connectivity index (χ1) is 12.8. The van der Waals surface area contributed by atoms with Gasteiger partial charge in [0.05, 0.1) is 11.1 Å². The van der Waals surface area contributed by atoms with Gasteiger partial charge in [0.1, 0.15) is 0 Å². The number of anilines is 1. The van der Waals surface area contributed by atoms with Crippen LogP contribution in [0.2, 0.25) is 0 Å². The molecule has 0 spiro atoms. The summed E-state index contributed by atoms with van der Waals surface area (Å²) in [5.74, 6) is 0.208. The highest BCUT2D eigenvalue weighted by Crippen LogP contribution is 2.37. The van der Waals surface area contributed by atoms with Crippen LogP contribution in [0.15, 0.2) is 18.2 Å². The number of urea groups is 1. The van der Waals surface area contributed by atoms with E-state index in [0.717, 1.165) is 25.9 Å². The van der Waals surface area contributed by atoms with Gasteiger partial charge in [-0.05, 0) is 64.0 Å². The minimum absolute atomic E-state index is 0.0283. The summed E-state index contributed by atoms with van der Waals surface area (Å²) in [4.78, 5) is 15.9. The molecule has 0 bridgehead atoms. The number of halogens is 6. The zero-order chi connectivity index (χ0) is 21.3. The molecule has 1 heterocycles. The molecule has 1 aromatic carbocycles. The van der Waals surface area contributed by atoms with E-state index in [1.807, 2.05) is 14.0 Å². The largest absolute Gasteiger partial charge is 0.416 e. The van der Waals surface area contributed by atoms with Crippen molar-refractivity contribution in [3.8, 4) is 0 Å². The fourth-order valence-corrected chi connectivity index (χ4v) is 3.25. The molecule has 1 aromatic rings. The van der Waals surface area contributed by atoms with Crippen LogP contribution in [-0.2, 0) is 12.4 Å². The molecule has 0 saturated carbocycles. The summed E-state index contributed by atoms with van der Waals surface area (Å²) < 4.78 is 77.6.